The van der Waals surface area contributed by atoms with Gasteiger partial charge in [-0.05, 0) is 30.3 Å². The highest BCUT2D eigenvalue weighted by molar-refractivity contribution is 6.31. The van der Waals surface area contributed by atoms with Crippen molar-refractivity contribution in [2.45, 2.75) is 6.42 Å². The number of hydrogen-bond donors (Lipinski definition) is 0. The summed E-state index contributed by atoms with van der Waals surface area (Å²) in [6.07, 6.45) is 0.226. The first kappa shape index (κ1) is 13.9. The SMILES string of the molecule is COc1ccc(Cl)cc1CC(=O)c1cccc(Cl)c1. The van der Waals surface area contributed by atoms with E-state index >= 15 is 0 Å². The lowest BCUT2D eigenvalue weighted by atomic mass is 10.0. The minimum atomic E-state index is -0.0249. The predicted molar refractivity (Wildman–Crippen MR) is 77.5 cm³/mol. The molecule has 0 N–H and O–H groups in total. The van der Waals surface area contributed by atoms with Crippen molar-refractivity contribution in [2.75, 3.05) is 7.11 Å². The lowest BCUT2D eigenvalue weighted by molar-refractivity contribution is 0.0992. The van der Waals surface area contributed by atoms with E-state index in [9.17, 15) is 4.79 Å². The van der Waals surface area contributed by atoms with E-state index in [0.29, 0.717) is 21.4 Å². The molecule has 0 atom stereocenters. The van der Waals surface area contributed by atoms with Gasteiger partial charge in [0.2, 0.25) is 0 Å². The number of hydrogen-bond acceptors (Lipinski definition) is 2. The second kappa shape index (κ2) is 6.09. The third-order valence-electron chi connectivity index (χ3n) is 2.74. The first-order valence-electron chi connectivity index (χ1n) is 5.71. The molecule has 2 aromatic rings. The number of rotatable bonds is 4. The molecule has 0 aliphatic heterocycles. The molecule has 0 aliphatic rings. The summed E-state index contributed by atoms with van der Waals surface area (Å²) in [5, 5.41) is 1.12. The smallest absolute Gasteiger partial charge is 0.167 e. The van der Waals surface area contributed by atoms with Gasteiger partial charge in [-0.15, -0.1) is 0 Å². The Morgan fingerprint density at radius 3 is 2.53 bits per heavy atom. The Labute approximate surface area is 121 Å². The average Bonchev–Trinajstić information content (AvgIpc) is 2.39. The van der Waals surface area contributed by atoms with Crippen LogP contribution in [0, 0.1) is 0 Å². The molecule has 0 saturated heterocycles. The summed E-state index contributed by atoms with van der Waals surface area (Å²) in [5.74, 6) is 0.628. The first-order chi connectivity index (χ1) is 9.10. The Hall–Kier alpha value is -1.51. The molecule has 0 aliphatic carbocycles. The summed E-state index contributed by atoms with van der Waals surface area (Å²) in [6.45, 7) is 0. The molecule has 0 fully saturated rings. The van der Waals surface area contributed by atoms with Crippen LogP contribution in [0.2, 0.25) is 10.0 Å². The van der Waals surface area contributed by atoms with Crippen molar-refractivity contribution in [3.8, 4) is 5.75 Å². The largest absolute Gasteiger partial charge is 0.496 e. The van der Waals surface area contributed by atoms with Gasteiger partial charge >= 0.3 is 0 Å². The molecule has 0 bridgehead atoms. The second-order valence-electron chi connectivity index (χ2n) is 4.07. The predicted octanol–water partition coefficient (Wildman–Crippen LogP) is 4.43. The maximum absolute atomic E-state index is 12.2. The summed E-state index contributed by atoms with van der Waals surface area (Å²) >= 11 is 11.8. The van der Waals surface area contributed by atoms with E-state index in [-0.39, 0.29) is 12.2 Å². The van der Waals surface area contributed by atoms with Crippen molar-refractivity contribution in [1.82, 2.24) is 0 Å². The number of ether oxygens (including phenoxy) is 1. The summed E-state index contributed by atoms with van der Waals surface area (Å²) in [7, 11) is 1.57. The number of Topliss-reactive ketones (excluding diaryl/α,β-unsaturated/α-hetero) is 1. The quantitative estimate of drug-likeness (QED) is 0.780. The molecule has 2 rings (SSSR count). The van der Waals surface area contributed by atoms with Crippen LogP contribution < -0.4 is 4.74 Å². The molecule has 0 spiro atoms. The van der Waals surface area contributed by atoms with Crippen molar-refractivity contribution in [3.63, 3.8) is 0 Å². The van der Waals surface area contributed by atoms with E-state index in [4.69, 9.17) is 27.9 Å². The third kappa shape index (κ3) is 3.49. The van der Waals surface area contributed by atoms with Gasteiger partial charge in [0.15, 0.2) is 5.78 Å². The first-order valence-corrected chi connectivity index (χ1v) is 6.47. The highest BCUT2D eigenvalue weighted by atomic mass is 35.5. The fraction of sp³-hybridized carbons (Fsp3) is 0.133. The van der Waals surface area contributed by atoms with Gasteiger partial charge in [0, 0.05) is 27.6 Å². The number of halogens is 2. The van der Waals surface area contributed by atoms with Crippen molar-refractivity contribution < 1.29 is 9.53 Å². The van der Waals surface area contributed by atoms with Crippen LogP contribution in [0.1, 0.15) is 15.9 Å². The molecule has 0 saturated carbocycles. The van der Waals surface area contributed by atoms with Gasteiger partial charge in [0.1, 0.15) is 5.75 Å². The van der Waals surface area contributed by atoms with Crippen LogP contribution in [0.25, 0.3) is 0 Å². The monoisotopic (exact) mass is 294 g/mol. The molecule has 0 radical (unpaired) electrons. The minimum absolute atomic E-state index is 0.0249. The summed E-state index contributed by atoms with van der Waals surface area (Å²) in [4.78, 5) is 12.2. The topological polar surface area (TPSA) is 26.3 Å². The van der Waals surface area contributed by atoms with Crippen LogP contribution in [0.15, 0.2) is 42.5 Å². The van der Waals surface area contributed by atoms with E-state index in [1.807, 2.05) is 0 Å². The minimum Gasteiger partial charge on any atom is -0.496 e. The van der Waals surface area contributed by atoms with Crippen molar-refractivity contribution in [1.29, 1.82) is 0 Å². The number of ketones is 1. The van der Waals surface area contributed by atoms with Gasteiger partial charge in [0.25, 0.3) is 0 Å². The Balaban J connectivity index is 2.26. The molecular weight excluding hydrogens is 283 g/mol. The maximum atomic E-state index is 12.2. The molecule has 0 amide bonds. The average molecular weight is 295 g/mol. The van der Waals surface area contributed by atoms with E-state index in [0.717, 1.165) is 5.56 Å². The van der Waals surface area contributed by atoms with Gasteiger partial charge in [0.05, 0.1) is 7.11 Å². The zero-order valence-electron chi connectivity index (χ0n) is 10.3. The third-order valence-corrected chi connectivity index (χ3v) is 3.21. The van der Waals surface area contributed by atoms with Crippen molar-refractivity contribution >= 4 is 29.0 Å². The standard InChI is InChI=1S/C15H12Cl2O2/c1-19-15-6-5-13(17)8-11(15)9-14(18)10-3-2-4-12(16)7-10/h2-8H,9H2,1H3. The van der Waals surface area contributed by atoms with Gasteiger partial charge in [-0.25, -0.2) is 0 Å². The number of benzene rings is 2. The molecule has 0 aromatic heterocycles. The molecule has 0 unspecified atom stereocenters. The van der Waals surface area contributed by atoms with Gasteiger partial charge in [-0.1, -0.05) is 35.3 Å². The van der Waals surface area contributed by atoms with Gasteiger partial charge < -0.3 is 4.74 Å². The summed E-state index contributed by atoms with van der Waals surface area (Å²) in [5.41, 5.74) is 1.34. The fourth-order valence-corrected chi connectivity index (χ4v) is 2.21. The van der Waals surface area contributed by atoms with Crippen LogP contribution in [-0.4, -0.2) is 12.9 Å². The van der Waals surface area contributed by atoms with Crippen LogP contribution in [0.4, 0.5) is 0 Å². The Bertz CT molecular complexity index is 609. The Morgan fingerprint density at radius 2 is 1.84 bits per heavy atom. The molecule has 0 heterocycles. The zero-order valence-corrected chi connectivity index (χ0v) is 11.8. The van der Waals surface area contributed by atoms with E-state index in [1.54, 1.807) is 49.6 Å². The summed E-state index contributed by atoms with van der Waals surface area (Å²) in [6, 6.07) is 12.1. The number of carbonyl (C=O) groups excluding carboxylic acids is 1. The number of carbonyl (C=O) groups is 1. The van der Waals surface area contributed by atoms with Crippen LogP contribution in [0.5, 0.6) is 5.75 Å². The lowest BCUT2D eigenvalue weighted by Crippen LogP contribution is -2.05. The number of methoxy groups -OCH3 is 1. The highest BCUT2D eigenvalue weighted by Gasteiger charge is 2.11. The molecule has 2 nitrogen and oxygen atoms in total. The van der Waals surface area contributed by atoms with E-state index < -0.39 is 0 Å². The lowest BCUT2D eigenvalue weighted by Gasteiger charge is -2.08. The van der Waals surface area contributed by atoms with E-state index in [1.165, 1.54) is 0 Å². The molecule has 98 valence electrons. The second-order valence-corrected chi connectivity index (χ2v) is 4.94. The zero-order chi connectivity index (χ0) is 13.8. The van der Waals surface area contributed by atoms with Crippen LogP contribution >= 0.6 is 23.2 Å². The molecule has 4 heteroatoms. The fourth-order valence-electron chi connectivity index (χ4n) is 1.82. The van der Waals surface area contributed by atoms with E-state index in [2.05, 4.69) is 0 Å². The normalized spacial score (nSPS) is 10.3. The van der Waals surface area contributed by atoms with Gasteiger partial charge in [-0.3, -0.25) is 4.79 Å². The summed E-state index contributed by atoms with van der Waals surface area (Å²) < 4.78 is 5.22. The maximum Gasteiger partial charge on any atom is 0.167 e. The van der Waals surface area contributed by atoms with Crippen molar-refractivity contribution in [3.05, 3.63) is 63.6 Å². The molecule has 19 heavy (non-hydrogen) atoms. The Morgan fingerprint density at radius 1 is 1.11 bits per heavy atom. The molecular formula is C15H12Cl2O2. The molecule has 2 aromatic carbocycles. The van der Waals surface area contributed by atoms with Crippen molar-refractivity contribution in [2.24, 2.45) is 0 Å². The van der Waals surface area contributed by atoms with Gasteiger partial charge in [-0.2, -0.15) is 0 Å². The highest BCUT2D eigenvalue weighted by Crippen LogP contribution is 2.24. The van der Waals surface area contributed by atoms with Crippen LogP contribution in [-0.2, 0) is 6.42 Å². The Kier molecular flexibility index (Phi) is 4.46. The van der Waals surface area contributed by atoms with Crippen LogP contribution in [0.3, 0.4) is 0 Å².